The minimum Gasteiger partial charge on any atom is -0.458 e. The van der Waals surface area contributed by atoms with Crippen LogP contribution >= 0.6 is 0 Å². The Hall–Kier alpha value is -3.92. The van der Waals surface area contributed by atoms with Gasteiger partial charge in [0.1, 0.15) is 24.0 Å². The lowest BCUT2D eigenvalue weighted by atomic mass is 10.1. The maximum absolute atomic E-state index is 12.6. The van der Waals surface area contributed by atoms with Crippen LogP contribution in [0.5, 0.6) is 17.2 Å². The zero-order valence-corrected chi connectivity index (χ0v) is 22.1. The molecule has 2 N–H and O–H groups in total. The molecule has 2 aromatic rings. The van der Waals surface area contributed by atoms with Gasteiger partial charge in [0.2, 0.25) is 0 Å². The van der Waals surface area contributed by atoms with Crippen molar-refractivity contribution in [2.24, 2.45) is 5.73 Å². The Morgan fingerprint density at radius 2 is 1.34 bits per heavy atom. The molecule has 0 unspecified atom stereocenters. The molecule has 206 valence electrons. The van der Waals surface area contributed by atoms with E-state index in [1.165, 1.54) is 12.1 Å². The molecule has 0 fully saturated rings. The average molecular weight is 530 g/mol. The molecule has 10 heteroatoms. The van der Waals surface area contributed by atoms with Gasteiger partial charge < -0.3 is 29.4 Å². The number of carbonyl (C=O) groups is 4. The molecule has 0 amide bonds. The van der Waals surface area contributed by atoms with E-state index in [9.17, 15) is 19.2 Å². The number of benzene rings is 2. The molecular weight excluding hydrogens is 494 g/mol. The summed E-state index contributed by atoms with van der Waals surface area (Å²) in [5.41, 5.74) is 6.62. The van der Waals surface area contributed by atoms with Crippen LogP contribution in [0.4, 0.5) is 4.79 Å². The topological polar surface area (TPSA) is 140 Å². The first-order valence-electron chi connectivity index (χ1n) is 12.6. The Labute approximate surface area is 222 Å². The SMILES string of the molecule is CCCC(=O)Oc1ccc(C[C@H](N)C(=O)O[C@@H](C)[C@H](C)OC(=O)Oc2ccccc2)cc1OC(=O)CCC. The minimum atomic E-state index is -1.06. The van der Waals surface area contributed by atoms with E-state index in [2.05, 4.69) is 0 Å². The van der Waals surface area contributed by atoms with Gasteiger partial charge in [-0.15, -0.1) is 0 Å². The van der Waals surface area contributed by atoms with Crippen molar-refractivity contribution in [3.05, 3.63) is 54.1 Å². The Bertz CT molecular complexity index is 1090. The average Bonchev–Trinajstić information content (AvgIpc) is 2.86. The van der Waals surface area contributed by atoms with Crippen molar-refractivity contribution in [1.82, 2.24) is 0 Å². The molecule has 0 bridgehead atoms. The Morgan fingerprint density at radius 1 is 0.763 bits per heavy atom. The lowest BCUT2D eigenvalue weighted by molar-refractivity contribution is -0.155. The minimum absolute atomic E-state index is 0.0539. The van der Waals surface area contributed by atoms with Crippen LogP contribution in [0.15, 0.2) is 48.5 Å². The summed E-state index contributed by atoms with van der Waals surface area (Å²) in [4.78, 5) is 48.6. The molecule has 0 saturated carbocycles. The second kappa shape index (κ2) is 15.4. The second-order valence-corrected chi connectivity index (χ2v) is 8.67. The van der Waals surface area contributed by atoms with Crippen LogP contribution in [0.25, 0.3) is 0 Å². The fourth-order valence-corrected chi connectivity index (χ4v) is 3.16. The van der Waals surface area contributed by atoms with Crippen molar-refractivity contribution >= 4 is 24.1 Å². The number of carbonyl (C=O) groups excluding carboxylic acids is 4. The molecule has 0 radical (unpaired) electrons. The summed E-state index contributed by atoms with van der Waals surface area (Å²) in [6, 6.07) is 12.0. The molecule has 38 heavy (non-hydrogen) atoms. The van der Waals surface area contributed by atoms with Crippen molar-refractivity contribution in [2.45, 2.75) is 78.0 Å². The molecule has 0 aliphatic heterocycles. The van der Waals surface area contributed by atoms with Gasteiger partial charge >= 0.3 is 24.1 Å². The third-order valence-corrected chi connectivity index (χ3v) is 5.31. The highest BCUT2D eigenvalue weighted by molar-refractivity contribution is 5.77. The highest BCUT2D eigenvalue weighted by atomic mass is 16.7. The largest absolute Gasteiger partial charge is 0.514 e. The fraction of sp³-hybridized carbons (Fsp3) is 0.429. The van der Waals surface area contributed by atoms with Crippen LogP contribution in [0.2, 0.25) is 0 Å². The Balaban J connectivity index is 1.98. The maximum Gasteiger partial charge on any atom is 0.514 e. The van der Waals surface area contributed by atoms with E-state index in [0.29, 0.717) is 24.2 Å². The predicted molar refractivity (Wildman–Crippen MR) is 138 cm³/mol. The Morgan fingerprint density at radius 3 is 1.95 bits per heavy atom. The first kappa shape index (κ1) is 30.3. The zero-order valence-electron chi connectivity index (χ0n) is 22.1. The fourth-order valence-electron chi connectivity index (χ4n) is 3.16. The van der Waals surface area contributed by atoms with E-state index in [4.69, 9.17) is 29.4 Å². The van der Waals surface area contributed by atoms with Gasteiger partial charge in [0.15, 0.2) is 11.5 Å². The summed E-state index contributed by atoms with van der Waals surface area (Å²) in [7, 11) is 0. The molecular formula is C28H35NO9. The van der Waals surface area contributed by atoms with E-state index in [1.807, 2.05) is 13.8 Å². The molecule has 0 saturated heterocycles. The zero-order chi connectivity index (χ0) is 28.1. The molecule has 0 aliphatic carbocycles. The van der Waals surface area contributed by atoms with Crippen LogP contribution in [0, 0.1) is 0 Å². The number of esters is 3. The van der Waals surface area contributed by atoms with Crippen LogP contribution in [0.1, 0.15) is 58.9 Å². The number of para-hydroxylation sites is 1. The smallest absolute Gasteiger partial charge is 0.458 e. The summed E-state index contributed by atoms with van der Waals surface area (Å²) in [5, 5.41) is 0. The summed E-state index contributed by atoms with van der Waals surface area (Å²) in [6.45, 7) is 6.81. The first-order chi connectivity index (χ1) is 18.1. The lowest BCUT2D eigenvalue weighted by Crippen LogP contribution is -2.39. The molecule has 3 atom stereocenters. The van der Waals surface area contributed by atoms with E-state index in [-0.39, 0.29) is 30.8 Å². The summed E-state index contributed by atoms with van der Waals surface area (Å²) >= 11 is 0. The van der Waals surface area contributed by atoms with Crippen LogP contribution in [0.3, 0.4) is 0 Å². The van der Waals surface area contributed by atoms with Crippen LogP contribution < -0.4 is 19.9 Å². The third-order valence-electron chi connectivity index (χ3n) is 5.31. The standard InChI is InChI=1S/C28H35NO9/c1-5-10-25(30)37-23-15-14-20(17-24(23)38-26(31)11-6-2)16-22(29)27(32)34-18(3)19(4)35-28(33)36-21-12-8-7-9-13-21/h7-9,12-15,17-19,22H,5-6,10-11,16,29H2,1-4H3/t18-,19-,22-/m0/s1. The number of rotatable bonds is 13. The van der Waals surface area contributed by atoms with Gasteiger partial charge in [-0.2, -0.15) is 0 Å². The molecule has 0 aliphatic rings. The lowest BCUT2D eigenvalue weighted by Gasteiger charge is -2.22. The van der Waals surface area contributed by atoms with Gasteiger partial charge in [-0.05, 0) is 62.9 Å². The van der Waals surface area contributed by atoms with Gasteiger partial charge in [-0.1, -0.05) is 38.1 Å². The normalized spacial score (nSPS) is 13.0. The van der Waals surface area contributed by atoms with Crippen LogP contribution in [-0.4, -0.2) is 42.3 Å². The van der Waals surface area contributed by atoms with E-state index in [1.54, 1.807) is 50.2 Å². The maximum atomic E-state index is 12.6. The quantitative estimate of drug-likeness (QED) is 0.224. The summed E-state index contributed by atoms with van der Waals surface area (Å²) in [5.74, 6) is -1.15. The van der Waals surface area contributed by atoms with Crippen molar-refractivity contribution < 1.29 is 42.9 Å². The molecule has 10 nitrogen and oxygen atoms in total. The van der Waals surface area contributed by atoms with E-state index >= 15 is 0 Å². The van der Waals surface area contributed by atoms with Crippen molar-refractivity contribution in [1.29, 1.82) is 0 Å². The van der Waals surface area contributed by atoms with Crippen molar-refractivity contribution in [2.75, 3.05) is 0 Å². The number of hydrogen-bond donors (Lipinski definition) is 1. The van der Waals surface area contributed by atoms with Gasteiger partial charge in [0.25, 0.3) is 0 Å². The monoisotopic (exact) mass is 529 g/mol. The number of nitrogens with two attached hydrogens (primary N) is 1. The molecule has 0 spiro atoms. The van der Waals surface area contributed by atoms with Gasteiger partial charge in [0.05, 0.1) is 0 Å². The van der Waals surface area contributed by atoms with Crippen molar-refractivity contribution in [3.63, 3.8) is 0 Å². The van der Waals surface area contributed by atoms with E-state index in [0.717, 1.165) is 0 Å². The van der Waals surface area contributed by atoms with Gasteiger partial charge in [-0.3, -0.25) is 14.4 Å². The second-order valence-electron chi connectivity index (χ2n) is 8.67. The Kier molecular flexibility index (Phi) is 12.2. The van der Waals surface area contributed by atoms with E-state index < -0.39 is 42.3 Å². The van der Waals surface area contributed by atoms with Crippen molar-refractivity contribution in [3.8, 4) is 17.2 Å². The van der Waals surface area contributed by atoms with Crippen LogP contribution in [-0.2, 0) is 30.3 Å². The summed E-state index contributed by atoms with van der Waals surface area (Å²) < 4.78 is 26.4. The highest BCUT2D eigenvalue weighted by Crippen LogP contribution is 2.30. The highest BCUT2D eigenvalue weighted by Gasteiger charge is 2.25. The molecule has 2 rings (SSSR count). The first-order valence-corrected chi connectivity index (χ1v) is 12.6. The molecule has 2 aromatic carbocycles. The predicted octanol–water partition coefficient (Wildman–Crippen LogP) is 4.50. The molecule has 0 heterocycles. The molecule has 0 aromatic heterocycles. The van der Waals surface area contributed by atoms with Gasteiger partial charge in [0, 0.05) is 12.8 Å². The third kappa shape index (κ3) is 10.2. The number of hydrogen-bond acceptors (Lipinski definition) is 10. The summed E-state index contributed by atoms with van der Waals surface area (Å²) in [6.07, 6.45) is -0.883. The number of ether oxygens (including phenoxy) is 5. The van der Waals surface area contributed by atoms with Gasteiger partial charge in [-0.25, -0.2) is 4.79 Å².